The minimum absolute atomic E-state index is 0.0562. The maximum absolute atomic E-state index is 13.2. The molecule has 1 amide bonds. The maximum atomic E-state index is 13.2. The number of carbonyl (C=O) groups is 1. The zero-order valence-electron chi connectivity index (χ0n) is 12.8. The summed E-state index contributed by atoms with van der Waals surface area (Å²) >= 11 is 5.79. The van der Waals surface area contributed by atoms with Crippen LogP contribution in [-0.2, 0) is 4.79 Å². The summed E-state index contributed by atoms with van der Waals surface area (Å²) in [6.07, 6.45) is -4.04. The van der Waals surface area contributed by atoms with Crippen molar-refractivity contribution in [3.63, 3.8) is 0 Å². The molecule has 0 bridgehead atoms. The minimum atomic E-state index is -4.62. The van der Waals surface area contributed by atoms with E-state index in [1.165, 1.54) is 24.3 Å². The van der Waals surface area contributed by atoms with Gasteiger partial charge < -0.3 is 5.32 Å². The standard InChI is InChI=1S/C18H15ClF3NO/c1-12(13-7-9-15(19)10-8-13)23-17(24)11-16(18(20,21)22)14-5-3-2-4-6-14/h2-12H,1H3,(H,23,24)/b16-11-. The Morgan fingerprint density at radius 3 is 2.21 bits per heavy atom. The van der Waals surface area contributed by atoms with Gasteiger partial charge in [-0.25, -0.2) is 0 Å². The van der Waals surface area contributed by atoms with Crippen LogP contribution in [0.1, 0.15) is 24.1 Å². The van der Waals surface area contributed by atoms with Crippen LogP contribution in [0.15, 0.2) is 60.7 Å². The highest BCUT2D eigenvalue weighted by atomic mass is 35.5. The lowest BCUT2D eigenvalue weighted by atomic mass is 10.0. The molecule has 2 rings (SSSR count). The van der Waals surface area contributed by atoms with Gasteiger partial charge in [-0.15, -0.1) is 0 Å². The largest absolute Gasteiger partial charge is 0.417 e. The van der Waals surface area contributed by atoms with Crippen molar-refractivity contribution in [3.05, 3.63) is 76.8 Å². The normalized spacial score (nSPS) is 13.5. The molecule has 0 aliphatic rings. The van der Waals surface area contributed by atoms with Crippen molar-refractivity contribution >= 4 is 23.1 Å². The van der Waals surface area contributed by atoms with Crippen molar-refractivity contribution in [2.45, 2.75) is 19.1 Å². The molecule has 126 valence electrons. The summed E-state index contributed by atoms with van der Waals surface area (Å²) in [5.74, 6) is -0.811. The number of amides is 1. The third-order valence-corrected chi connectivity index (χ3v) is 3.65. The smallest absolute Gasteiger partial charge is 0.346 e. The van der Waals surface area contributed by atoms with Crippen LogP contribution >= 0.6 is 11.6 Å². The molecule has 6 heteroatoms. The minimum Gasteiger partial charge on any atom is -0.346 e. The van der Waals surface area contributed by atoms with Crippen molar-refractivity contribution in [3.8, 4) is 0 Å². The van der Waals surface area contributed by atoms with Gasteiger partial charge in [0.25, 0.3) is 0 Å². The highest BCUT2D eigenvalue weighted by Gasteiger charge is 2.35. The van der Waals surface area contributed by atoms with E-state index in [1.54, 1.807) is 37.3 Å². The molecule has 1 unspecified atom stereocenters. The highest BCUT2D eigenvalue weighted by molar-refractivity contribution is 6.30. The summed E-state index contributed by atoms with van der Waals surface area (Å²) in [5, 5.41) is 3.07. The van der Waals surface area contributed by atoms with Gasteiger partial charge in [0, 0.05) is 11.1 Å². The first kappa shape index (κ1) is 18.1. The van der Waals surface area contributed by atoms with E-state index >= 15 is 0 Å². The van der Waals surface area contributed by atoms with Crippen LogP contribution in [0, 0.1) is 0 Å². The summed E-state index contributed by atoms with van der Waals surface area (Å²) in [6.45, 7) is 1.69. The summed E-state index contributed by atoms with van der Waals surface area (Å²) in [7, 11) is 0. The van der Waals surface area contributed by atoms with E-state index < -0.39 is 23.7 Å². The molecule has 0 saturated carbocycles. The first-order valence-corrected chi connectivity index (χ1v) is 7.55. The van der Waals surface area contributed by atoms with Gasteiger partial charge in [0.1, 0.15) is 0 Å². The second-order valence-electron chi connectivity index (χ2n) is 5.20. The van der Waals surface area contributed by atoms with Gasteiger partial charge >= 0.3 is 6.18 Å². The van der Waals surface area contributed by atoms with E-state index in [-0.39, 0.29) is 5.56 Å². The molecule has 0 radical (unpaired) electrons. The van der Waals surface area contributed by atoms with Gasteiger partial charge in [-0.05, 0) is 30.2 Å². The average Bonchev–Trinajstić information content (AvgIpc) is 2.53. The van der Waals surface area contributed by atoms with Crippen LogP contribution in [0.4, 0.5) is 13.2 Å². The van der Waals surface area contributed by atoms with Crippen LogP contribution in [0.2, 0.25) is 5.02 Å². The van der Waals surface area contributed by atoms with Crippen molar-refractivity contribution in [2.75, 3.05) is 0 Å². The SMILES string of the molecule is CC(NC(=O)/C=C(/c1ccccc1)C(F)(F)F)c1ccc(Cl)cc1. The fourth-order valence-electron chi connectivity index (χ4n) is 2.17. The summed E-state index contributed by atoms with van der Waals surface area (Å²) in [6, 6.07) is 13.5. The van der Waals surface area contributed by atoms with Crippen LogP contribution in [0.3, 0.4) is 0 Å². The van der Waals surface area contributed by atoms with Gasteiger partial charge in [0.2, 0.25) is 5.91 Å². The number of hydrogen-bond donors (Lipinski definition) is 1. The van der Waals surface area contributed by atoms with Crippen LogP contribution in [0.25, 0.3) is 5.57 Å². The molecule has 2 nitrogen and oxygen atoms in total. The van der Waals surface area contributed by atoms with E-state index in [4.69, 9.17) is 11.6 Å². The number of hydrogen-bond acceptors (Lipinski definition) is 1. The van der Waals surface area contributed by atoms with Gasteiger partial charge in [0.05, 0.1) is 11.6 Å². The molecule has 0 fully saturated rings. The fourth-order valence-corrected chi connectivity index (χ4v) is 2.29. The second kappa shape index (κ2) is 7.53. The van der Waals surface area contributed by atoms with Gasteiger partial charge in [-0.3, -0.25) is 4.79 Å². The Balaban J connectivity index is 2.20. The lowest BCUT2D eigenvalue weighted by Crippen LogP contribution is -2.26. The Kier molecular flexibility index (Phi) is 5.67. The van der Waals surface area contributed by atoms with Gasteiger partial charge in [-0.2, -0.15) is 13.2 Å². The lowest BCUT2D eigenvalue weighted by molar-refractivity contribution is -0.117. The van der Waals surface area contributed by atoms with E-state index in [1.807, 2.05) is 0 Å². The Labute approximate surface area is 142 Å². The molecule has 2 aromatic carbocycles. The Bertz CT molecular complexity index is 724. The lowest BCUT2D eigenvalue weighted by Gasteiger charge is -2.15. The molecule has 0 aliphatic carbocycles. The van der Waals surface area contributed by atoms with Gasteiger partial charge in [-0.1, -0.05) is 54.1 Å². The van der Waals surface area contributed by atoms with Crippen molar-refractivity contribution in [1.82, 2.24) is 5.32 Å². The molecule has 0 saturated heterocycles. The van der Waals surface area contributed by atoms with Crippen molar-refractivity contribution in [1.29, 1.82) is 0 Å². The monoisotopic (exact) mass is 353 g/mol. The number of nitrogens with one attached hydrogen (secondary N) is 1. The molecule has 0 aromatic heterocycles. The first-order chi connectivity index (χ1) is 11.3. The molecular weight excluding hydrogens is 339 g/mol. The molecule has 1 atom stereocenters. The Hall–Kier alpha value is -2.27. The zero-order valence-corrected chi connectivity index (χ0v) is 13.5. The number of rotatable bonds is 4. The van der Waals surface area contributed by atoms with E-state index in [0.29, 0.717) is 11.1 Å². The third-order valence-electron chi connectivity index (χ3n) is 3.39. The van der Waals surface area contributed by atoms with E-state index in [2.05, 4.69) is 5.32 Å². The Morgan fingerprint density at radius 1 is 1.08 bits per heavy atom. The predicted molar refractivity (Wildman–Crippen MR) is 88.5 cm³/mol. The van der Waals surface area contributed by atoms with Crippen LogP contribution in [-0.4, -0.2) is 12.1 Å². The van der Waals surface area contributed by atoms with Gasteiger partial charge in [0.15, 0.2) is 0 Å². The Morgan fingerprint density at radius 2 is 1.67 bits per heavy atom. The second-order valence-corrected chi connectivity index (χ2v) is 5.64. The maximum Gasteiger partial charge on any atom is 0.417 e. The molecule has 24 heavy (non-hydrogen) atoms. The van der Waals surface area contributed by atoms with Crippen molar-refractivity contribution < 1.29 is 18.0 Å². The highest BCUT2D eigenvalue weighted by Crippen LogP contribution is 2.33. The predicted octanol–water partition coefficient (Wildman–Crippen LogP) is 5.16. The molecule has 0 spiro atoms. The quantitative estimate of drug-likeness (QED) is 0.755. The van der Waals surface area contributed by atoms with Crippen molar-refractivity contribution in [2.24, 2.45) is 0 Å². The van der Waals surface area contributed by atoms with E-state index in [0.717, 1.165) is 5.56 Å². The molecule has 0 aliphatic heterocycles. The number of allylic oxidation sites excluding steroid dienone is 1. The molecular formula is C18H15ClF3NO. The van der Waals surface area contributed by atoms with E-state index in [9.17, 15) is 18.0 Å². The summed E-state index contributed by atoms with van der Waals surface area (Å²) in [4.78, 5) is 12.0. The topological polar surface area (TPSA) is 29.1 Å². The molecule has 1 N–H and O–H groups in total. The summed E-state index contributed by atoms with van der Waals surface area (Å²) < 4.78 is 39.6. The first-order valence-electron chi connectivity index (χ1n) is 7.17. The average molecular weight is 354 g/mol. The summed E-state index contributed by atoms with van der Waals surface area (Å²) in [5.41, 5.74) is -0.294. The molecule has 2 aromatic rings. The van der Waals surface area contributed by atoms with Crippen LogP contribution in [0.5, 0.6) is 0 Å². The number of carbonyl (C=O) groups excluding carboxylic acids is 1. The number of benzene rings is 2. The third kappa shape index (κ3) is 4.86. The number of halogens is 4. The molecule has 0 heterocycles. The zero-order chi connectivity index (χ0) is 17.7. The van der Waals surface area contributed by atoms with Crippen LogP contribution < -0.4 is 5.32 Å². The number of alkyl halides is 3. The fraction of sp³-hybridized carbons (Fsp3) is 0.167.